The normalized spacial score (nSPS) is 22.0. The number of carbonyl (C=O) groups is 3. The van der Waals surface area contributed by atoms with Crippen LogP contribution >= 0.6 is 0 Å². The van der Waals surface area contributed by atoms with Gasteiger partial charge in [0, 0.05) is 24.2 Å². The van der Waals surface area contributed by atoms with Crippen LogP contribution < -0.4 is 5.32 Å². The van der Waals surface area contributed by atoms with Crippen LogP contribution in [0, 0.1) is 11.3 Å². The van der Waals surface area contributed by atoms with Gasteiger partial charge in [0.25, 0.3) is 11.8 Å². The zero-order chi connectivity index (χ0) is 29.2. The fourth-order valence-corrected chi connectivity index (χ4v) is 6.57. The number of benzene rings is 2. The lowest BCUT2D eigenvalue weighted by Gasteiger charge is -2.45. The van der Waals surface area contributed by atoms with E-state index in [2.05, 4.69) is 44.3 Å². The van der Waals surface area contributed by atoms with Crippen molar-refractivity contribution in [2.45, 2.75) is 77.8 Å². The number of carboxylic acids is 1. The summed E-state index contributed by atoms with van der Waals surface area (Å²) in [4.78, 5) is 44.5. The van der Waals surface area contributed by atoms with Crippen LogP contribution in [0.4, 0.5) is 0 Å². The molecule has 2 amide bonds. The quantitative estimate of drug-likeness (QED) is 0.439. The van der Waals surface area contributed by atoms with E-state index in [0.717, 1.165) is 55.2 Å². The molecule has 2 N–H and O–H groups in total. The standard InChI is InChI=1S/C34H41N3O4/c1-33(2,3)26-15-19-34(20-16-26)36-30(28-10-6-8-24-7-4-5-9-27(24)28)32(41)37(34)22-18-23-11-13-25(14-12-23)31(40)35-21-17-29(38)39/h5-6,8-14,26H,4,7,15-22H2,1-3H3,(H,35,40)(H,38,39). The number of rotatable bonds is 8. The fourth-order valence-electron chi connectivity index (χ4n) is 6.57. The van der Waals surface area contributed by atoms with Crippen LogP contribution in [-0.2, 0) is 22.4 Å². The predicted molar refractivity (Wildman–Crippen MR) is 161 cm³/mol. The van der Waals surface area contributed by atoms with Crippen LogP contribution in [0.15, 0.2) is 53.5 Å². The van der Waals surface area contributed by atoms with Crippen molar-refractivity contribution in [3.05, 3.63) is 76.4 Å². The number of aliphatic imine (C=N–C) groups is 1. The van der Waals surface area contributed by atoms with Gasteiger partial charge in [-0.25, -0.2) is 0 Å². The molecule has 2 aromatic carbocycles. The van der Waals surface area contributed by atoms with E-state index in [1.807, 2.05) is 29.2 Å². The summed E-state index contributed by atoms with van der Waals surface area (Å²) >= 11 is 0. The number of nitrogens with one attached hydrogen (secondary N) is 1. The maximum absolute atomic E-state index is 14.1. The molecule has 2 aliphatic carbocycles. The molecule has 0 atom stereocenters. The topological polar surface area (TPSA) is 99.1 Å². The van der Waals surface area contributed by atoms with E-state index in [1.54, 1.807) is 12.1 Å². The number of hydrogen-bond donors (Lipinski definition) is 2. The first-order valence-electron chi connectivity index (χ1n) is 14.9. The average molecular weight is 556 g/mol. The van der Waals surface area contributed by atoms with Gasteiger partial charge in [-0.05, 0) is 85.1 Å². The Morgan fingerprint density at radius 1 is 1.10 bits per heavy atom. The number of carboxylic acid groups (broad SMARTS) is 1. The molecule has 1 fully saturated rings. The van der Waals surface area contributed by atoms with E-state index in [0.29, 0.717) is 30.2 Å². The van der Waals surface area contributed by atoms with Gasteiger partial charge < -0.3 is 15.3 Å². The first-order chi connectivity index (χ1) is 19.6. The minimum absolute atomic E-state index is 0.0148. The van der Waals surface area contributed by atoms with Crippen molar-refractivity contribution in [2.75, 3.05) is 13.1 Å². The van der Waals surface area contributed by atoms with Gasteiger partial charge in [0.15, 0.2) is 0 Å². The second kappa shape index (κ2) is 11.6. The van der Waals surface area contributed by atoms with E-state index >= 15 is 0 Å². The van der Waals surface area contributed by atoms with Gasteiger partial charge in [0.05, 0.1) is 6.42 Å². The maximum atomic E-state index is 14.1. The molecule has 0 bridgehead atoms. The highest BCUT2D eigenvalue weighted by Gasteiger charge is 2.50. The summed E-state index contributed by atoms with van der Waals surface area (Å²) < 4.78 is 0. The average Bonchev–Trinajstić information content (AvgIpc) is 3.21. The molecular formula is C34H41N3O4. The number of aryl methyl sites for hydroxylation is 1. The summed E-state index contributed by atoms with van der Waals surface area (Å²) in [5.74, 6) is -0.621. The molecule has 216 valence electrons. The third-order valence-electron chi connectivity index (χ3n) is 9.06. The molecule has 3 aliphatic rings. The third kappa shape index (κ3) is 6.14. The Morgan fingerprint density at radius 3 is 2.51 bits per heavy atom. The Kier molecular flexibility index (Phi) is 8.16. The minimum atomic E-state index is -0.947. The molecular weight excluding hydrogens is 514 g/mol. The zero-order valence-corrected chi connectivity index (χ0v) is 24.4. The van der Waals surface area contributed by atoms with Gasteiger partial charge in [-0.2, -0.15) is 0 Å². The Labute approximate surface area is 242 Å². The van der Waals surface area contributed by atoms with Gasteiger partial charge in [-0.15, -0.1) is 0 Å². The van der Waals surface area contributed by atoms with Crippen LogP contribution in [0.2, 0.25) is 0 Å². The summed E-state index contributed by atoms with van der Waals surface area (Å²) in [6, 6.07) is 13.6. The van der Waals surface area contributed by atoms with Crippen molar-refractivity contribution in [2.24, 2.45) is 16.3 Å². The van der Waals surface area contributed by atoms with Gasteiger partial charge in [0.1, 0.15) is 11.4 Å². The third-order valence-corrected chi connectivity index (χ3v) is 9.06. The smallest absolute Gasteiger partial charge is 0.305 e. The lowest BCUT2D eigenvalue weighted by atomic mass is 9.69. The number of carbonyl (C=O) groups excluding carboxylic acids is 2. The van der Waals surface area contributed by atoms with Crippen LogP contribution in [0.5, 0.6) is 0 Å². The Bertz CT molecular complexity index is 1380. The molecule has 5 rings (SSSR count). The zero-order valence-electron chi connectivity index (χ0n) is 24.4. The first-order valence-corrected chi connectivity index (χ1v) is 14.9. The Morgan fingerprint density at radius 2 is 1.83 bits per heavy atom. The van der Waals surface area contributed by atoms with Crippen molar-refractivity contribution in [1.29, 1.82) is 0 Å². The van der Waals surface area contributed by atoms with Crippen LogP contribution in [0.1, 0.15) is 91.9 Å². The number of amides is 2. The van der Waals surface area contributed by atoms with Crippen LogP contribution in [0.3, 0.4) is 0 Å². The molecule has 0 aromatic heterocycles. The van der Waals surface area contributed by atoms with E-state index in [4.69, 9.17) is 10.1 Å². The van der Waals surface area contributed by atoms with E-state index in [9.17, 15) is 14.4 Å². The lowest BCUT2D eigenvalue weighted by molar-refractivity contribution is -0.136. The van der Waals surface area contributed by atoms with Crippen molar-refractivity contribution in [3.8, 4) is 0 Å². The van der Waals surface area contributed by atoms with Gasteiger partial charge in [-0.1, -0.05) is 63.3 Å². The molecule has 0 radical (unpaired) electrons. The number of hydrogen-bond acceptors (Lipinski definition) is 4. The van der Waals surface area contributed by atoms with Gasteiger partial charge in [0.2, 0.25) is 0 Å². The molecule has 1 heterocycles. The maximum Gasteiger partial charge on any atom is 0.305 e. The highest BCUT2D eigenvalue weighted by Crippen LogP contribution is 2.47. The summed E-state index contributed by atoms with van der Waals surface area (Å²) in [6.45, 7) is 7.57. The lowest BCUT2D eigenvalue weighted by Crippen LogP contribution is -2.50. The van der Waals surface area contributed by atoms with Crippen LogP contribution in [0.25, 0.3) is 6.08 Å². The van der Waals surface area contributed by atoms with E-state index in [-0.39, 0.29) is 30.2 Å². The molecule has 1 aliphatic heterocycles. The van der Waals surface area contributed by atoms with E-state index < -0.39 is 11.6 Å². The van der Waals surface area contributed by atoms with Crippen molar-refractivity contribution < 1.29 is 19.5 Å². The Balaban J connectivity index is 1.35. The largest absolute Gasteiger partial charge is 0.481 e. The highest BCUT2D eigenvalue weighted by atomic mass is 16.4. The second-order valence-electron chi connectivity index (χ2n) is 12.7. The molecule has 41 heavy (non-hydrogen) atoms. The molecule has 1 spiro atoms. The number of nitrogens with zero attached hydrogens (tertiary/aromatic N) is 2. The molecule has 2 aromatic rings. The monoisotopic (exact) mass is 555 g/mol. The first kappa shape index (κ1) is 28.8. The highest BCUT2D eigenvalue weighted by molar-refractivity contribution is 6.47. The fraction of sp³-hybridized carbons (Fsp3) is 0.471. The molecule has 0 saturated heterocycles. The second-order valence-corrected chi connectivity index (χ2v) is 12.7. The van der Waals surface area contributed by atoms with Crippen LogP contribution in [-0.4, -0.2) is 52.3 Å². The van der Waals surface area contributed by atoms with Crippen molar-refractivity contribution in [3.63, 3.8) is 0 Å². The molecule has 7 heteroatoms. The molecule has 1 saturated carbocycles. The Hall–Kier alpha value is -3.74. The summed E-state index contributed by atoms with van der Waals surface area (Å²) in [6.07, 6.45) is 10.7. The number of aliphatic carboxylic acids is 1. The molecule has 0 unspecified atom stereocenters. The van der Waals surface area contributed by atoms with Gasteiger partial charge in [-0.3, -0.25) is 19.4 Å². The van der Waals surface area contributed by atoms with Gasteiger partial charge >= 0.3 is 5.97 Å². The SMILES string of the molecule is CC(C)(C)C1CCC2(CC1)N=C(c1cccc3c1C=CCC3)C(=O)N2CCc1ccc(C(=O)NCCC(=O)O)cc1. The van der Waals surface area contributed by atoms with Crippen molar-refractivity contribution in [1.82, 2.24) is 10.2 Å². The predicted octanol–water partition coefficient (Wildman–Crippen LogP) is 5.66. The van der Waals surface area contributed by atoms with Crippen molar-refractivity contribution >= 4 is 29.6 Å². The summed E-state index contributed by atoms with van der Waals surface area (Å²) in [7, 11) is 0. The summed E-state index contributed by atoms with van der Waals surface area (Å²) in [5.41, 5.74) is 5.18. The molecule has 7 nitrogen and oxygen atoms in total. The number of fused-ring (bicyclic) bond motifs is 1. The summed E-state index contributed by atoms with van der Waals surface area (Å²) in [5, 5.41) is 11.4. The minimum Gasteiger partial charge on any atom is -0.481 e. The number of allylic oxidation sites excluding steroid dienone is 1. The van der Waals surface area contributed by atoms with E-state index in [1.165, 1.54) is 5.56 Å².